The predicted molar refractivity (Wildman–Crippen MR) is 180 cm³/mol. The van der Waals surface area contributed by atoms with E-state index in [9.17, 15) is 14.4 Å². The number of likely N-dealkylation sites (N-methyl/N-ethyl adjacent to an activating group) is 1. The fourth-order valence-electron chi connectivity index (χ4n) is 12.0. The van der Waals surface area contributed by atoms with Crippen molar-refractivity contribution < 1.29 is 50.1 Å². The van der Waals surface area contributed by atoms with Gasteiger partial charge in [-0.05, 0) is 93.0 Å². The number of hydrogen-bond acceptors (Lipinski definition) is 8. The maximum Gasteiger partial charge on any atom is 0.302 e. The van der Waals surface area contributed by atoms with Crippen LogP contribution in [0.5, 0.6) is 0 Å². The number of likely N-dealkylation sites (tertiary alicyclic amines) is 1. The molecule has 2 saturated heterocycles. The number of piperidine rings is 1. The van der Waals surface area contributed by atoms with Crippen LogP contribution in [-0.2, 0) is 28.6 Å². The Morgan fingerprint density at radius 1 is 0.792 bits per heavy atom. The molecule has 0 N–H and O–H groups in total. The summed E-state index contributed by atoms with van der Waals surface area (Å²) in [6.07, 6.45) is 11.3. The van der Waals surface area contributed by atoms with Crippen molar-refractivity contribution in [2.75, 3.05) is 52.9 Å². The SMILES string of the molecule is C=CC[N+]1(C)CCN([C@H]2CC3C4CC[C@H]5C[C@H](OC(C)=O)[C@@H](N6CCC(OC(C)=O)CC6)C[C@]5(C)C4CC[C@]3(C)[C@H]2OC(C)=O)CC1.[Br-]. The summed E-state index contributed by atoms with van der Waals surface area (Å²) in [6.45, 7) is 20.7. The minimum absolute atomic E-state index is 0. The number of quaternary nitrogens is 1. The van der Waals surface area contributed by atoms with E-state index in [0.717, 1.165) is 88.8 Å². The number of halogens is 1. The molecule has 6 aliphatic rings. The first-order chi connectivity index (χ1) is 22.3. The molecule has 10 heteroatoms. The van der Waals surface area contributed by atoms with Crippen molar-refractivity contribution in [1.29, 1.82) is 0 Å². The molecule has 2 aliphatic heterocycles. The van der Waals surface area contributed by atoms with Gasteiger partial charge in [-0.3, -0.25) is 24.2 Å². The fraction of sp³-hybridized carbons (Fsp3) is 0.868. The van der Waals surface area contributed by atoms with E-state index in [0.29, 0.717) is 23.7 Å². The van der Waals surface area contributed by atoms with Crippen LogP contribution in [0.1, 0.15) is 92.4 Å². The molecule has 4 saturated carbocycles. The first-order valence-corrected chi connectivity index (χ1v) is 18.7. The molecular formula is C38H62BrN3O6. The minimum atomic E-state index is -0.206. The molecule has 10 atom stereocenters. The van der Waals surface area contributed by atoms with Gasteiger partial charge in [0.25, 0.3) is 0 Å². The van der Waals surface area contributed by atoms with Gasteiger partial charge in [-0.2, -0.15) is 0 Å². The maximum absolute atomic E-state index is 12.6. The van der Waals surface area contributed by atoms with E-state index in [2.05, 4.69) is 43.3 Å². The van der Waals surface area contributed by atoms with Crippen LogP contribution < -0.4 is 17.0 Å². The Balaban J connectivity index is 0.00000451. The highest BCUT2D eigenvalue weighted by Gasteiger charge is 2.65. The van der Waals surface area contributed by atoms with Gasteiger partial charge < -0.3 is 35.7 Å². The van der Waals surface area contributed by atoms with Crippen LogP contribution in [-0.4, -0.2) is 115 Å². The van der Waals surface area contributed by atoms with Gasteiger partial charge in [0, 0.05) is 64.4 Å². The number of carbonyl (C=O) groups excluding carboxylic acids is 3. The smallest absolute Gasteiger partial charge is 0.302 e. The Morgan fingerprint density at radius 2 is 1.42 bits per heavy atom. The molecule has 0 aromatic heterocycles. The Bertz CT molecular complexity index is 1200. The lowest BCUT2D eigenvalue weighted by molar-refractivity contribution is -0.908. The Hall–Kier alpha value is -1.49. The number of hydrogen-bond donors (Lipinski definition) is 0. The summed E-state index contributed by atoms with van der Waals surface area (Å²) in [7, 11) is 2.34. The fourth-order valence-corrected chi connectivity index (χ4v) is 12.0. The van der Waals surface area contributed by atoms with Crippen LogP contribution in [0, 0.1) is 34.5 Å². The summed E-state index contributed by atoms with van der Waals surface area (Å²) in [5, 5.41) is 0. The van der Waals surface area contributed by atoms with E-state index < -0.39 is 0 Å². The van der Waals surface area contributed by atoms with Crippen LogP contribution in [0.3, 0.4) is 0 Å². The predicted octanol–water partition coefficient (Wildman–Crippen LogP) is 1.83. The summed E-state index contributed by atoms with van der Waals surface area (Å²) in [5.41, 5.74) is 0.160. The second kappa shape index (κ2) is 14.6. The summed E-state index contributed by atoms with van der Waals surface area (Å²) >= 11 is 0. The molecule has 0 spiro atoms. The zero-order chi connectivity index (χ0) is 33.7. The van der Waals surface area contributed by atoms with Crippen LogP contribution in [0.15, 0.2) is 12.7 Å². The van der Waals surface area contributed by atoms with Crippen LogP contribution >= 0.6 is 0 Å². The first-order valence-electron chi connectivity index (χ1n) is 18.7. The zero-order valence-electron chi connectivity index (χ0n) is 30.5. The van der Waals surface area contributed by atoms with Gasteiger partial charge in [0.15, 0.2) is 0 Å². The highest BCUT2D eigenvalue weighted by Crippen LogP contribution is 2.67. The lowest BCUT2D eigenvalue weighted by atomic mass is 9.44. The van der Waals surface area contributed by atoms with Crippen LogP contribution in [0.4, 0.5) is 0 Å². The number of fused-ring (bicyclic) bond motifs is 5. The molecule has 4 aliphatic carbocycles. The van der Waals surface area contributed by atoms with Crippen molar-refractivity contribution in [2.24, 2.45) is 34.5 Å². The van der Waals surface area contributed by atoms with Crippen LogP contribution in [0.25, 0.3) is 0 Å². The number of nitrogens with zero attached hydrogens (tertiary/aromatic N) is 3. The Morgan fingerprint density at radius 3 is 2.02 bits per heavy atom. The first kappa shape index (κ1) is 37.8. The number of piperazine rings is 1. The van der Waals surface area contributed by atoms with Gasteiger partial charge in [-0.1, -0.05) is 20.4 Å². The minimum Gasteiger partial charge on any atom is -1.00 e. The topological polar surface area (TPSA) is 85.4 Å². The number of ether oxygens (including phenoxy) is 3. The van der Waals surface area contributed by atoms with E-state index in [-0.39, 0.29) is 76.1 Å². The van der Waals surface area contributed by atoms with Gasteiger partial charge in [0.2, 0.25) is 0 Å². The molecular weight excluding hydrogens is 674 g/mol. The van der Waals surface area contributed by atoms with E-state index in [1.807, 2.05) is 0 Å². The summed E-state index contributed by atoms with van der Waals surface area (Å²) in [5.74, 6) is 1.77. The van der Waals surface area contributed by atoms with Gasteiger partial charge in [-0.25, -0.2) is 0 Å². The van der Waals surface area contributed by atoms with E-state index in [4.69, 9.17) is 14.2 Å². The van der Waals surface area contributed by atoms with Crippen molar-refractivity contribution in [3.63, 3.8) is 0 Å². The van der Waals surface area contributed by atoms with Crippen molar-refractivity contribution >= 4 is 17.9 Å². The lowest BCUT2D eigenvalue weighted by Gasteiger charge is -2.62. The second-order valence-electron chi connectivity index (χ2n) is 17.1. The van der Waals surface area contributed by atoms with Crippen molar-refractivity contribution in [3.05, 3.63) is 12.7 Å². The molecule has 0 bridgehead atoms. The zero-order valence-corrected chi connectivity index (χ0v) is 32.0. The van der Waals surface area contributed by atoms with Gasteiger partial charge in [-0.15, -0.1) is 0 Å². The van der Waals surface area contributed by atoms with E-state index >= 15 is 0 Å². The average Bonchev–Trinajstić information content (AvgIpc) is 3.29. The third-order valence-electron chi connectivity index (χ3n) is 14.4. The van der Waals surface area contributed by atoms with Crippen molar-refractivity contribution in [2.45, 2.75) is 123 Å². The van der Waals surface area contributed by atoms with E-state index in [1.54, 1.807) is 13.8 Å². The van der Waals surface area contributed by atoms with Gasteiger partial charge in [0.1, 0.15) is 18.3 Å². The van der Waals surface area contributed by atoms with Crippen molar-refractivity contribution in [3.8, 4) is 0 Å². The molecule has 9 nitrogen and oxygen atoms in total. The number of carbonyl (C=O) groups is 3. The highest BCUT2D eigenvalue weighted by atomic mass is 79.9. The normalized spacial score (nSPS) is 41.5. The van der Waals surface area contributed by atoms with Crippen molar-refractivity contribution in [1.82, 2.24) is 9.80 Å². The molecule has 3 unspecified atom stereocenters. The quantitative estimate of drug-likeness (QED) is 0.170. The Kier molecular flexibility index (Phi) is 11.5. The molecule has 0 aromatic rings. The largest absolute Gasteiger partial charge is 1.00 e. The molecule has 6 rings (SSSR count). The molecule has 48 heavy (non-hydrogen) atoms. The van der Waals surface area contributed by atoms with E-state index in [1.165, 1.54) is 26.2 Å². The highest BCUT2D eigenvalue weighted by molar-refractivity contribution is 5.67. The monoisotopic (exact) mass is 735 g/mol. The molecule has 272 valence electrons. The standard InChI is InChI=1S/C38H62N3O6.BrH/c1-8-19-41(7)20-17-40(18-21-41)33-23-32-30-10-9-28-22-35(46-26(3)43)34(39-15-12-29(13-16-39)45-25(2)42)24-38(28,6)31(30)11-14-37(32,5)36(33)47-27(4)44;/h8,28-36H,1,9-24H2,2-7H3;1H/q+1;/p-1/t28-,30?,31?,32?,33-,34-,35-,36-,37-,38-;/m0./s1. The molecule has 6 fully saturated rings. The third kappa shape index (κ3) is 7.16. The maximum atomic E-state index is 12.6. The lowest BCUT2D eigenvalue weighted by Crippen LogP contribution is -3.00. The average molecular weight is 737 g/mol. The molecule has 0 aromatic carbocycles. The number of rotatable bonds is 7. The molecule has 0 amide bonds. The third-order valence-corrected chi connectivity index (χ3v) is 14.4. The molecule has 0 radical (unpaired) electrons. The Labute approximate surface area is 299 Å². The van der Waals surface area contributed by atoms with Gasteiger partial charge in [0.05, 0.1) is 26.7 Å². The number of esters is 3. The second-order valence-corrected chi connectivity index (χ2v) is 17.1. The van der Waals surface area contributed by atoms with Crippen LogP contribution in [0.2, 0.25) is 0 Å². The summed E-state index contributed by atoms with van der Waals surface area (Å²) in [4.78, 5) is 41.8. The summed E-state index contributed by atoms with van der Waals surface area (Å²) < 4.78 is 19.0. The van der Waals surface area contributed by atoms with Gasteiger partial charge >= 0.3 is 17.9 Å². The molecule has 2 heterocycles. The summed E-state index contributed by atoms with van der Waals surface area (Å²) in [6, 6.07) is 0.466.